The van der Waals surface area contributed by atoms with Gasteiger partial charge in [0, 0.05) is 0 Å². The summed E-state index contributed by atoms with van der Waals surface area (Å²) in [5.41, 5.74) is 1.64. The minimum atomic E-state index is -0.836. The maximum Gasteiger partial charge on any atom is 0.417 e. The predicted octanol–water partition coefficient (Wildman–Crippen LogP) is 4.10. The van der Waals surface area contributed by atoms with Crippen LogP contribution < -0.4 is 0 Å². The van der Waals surface area contributed by atoms with E-state index in [4.69, 9.17) is 4.74 Å². The summed E-state index contributed by atoms with van der Waals surface area (Å²) in [5, 5.41) is 10.4. The summed E-state index contributed by atoms with van der Waals surface area (Å²) in [6, 6.07) is 18.2. The van der Waals surface area contributed by atoms with Gasteiger partial charge in [0.2, 0.25) is 5.91 Å². The molecule has 1 aliphatic rings. The Morgan fingerprint density at radius 1 is 0.963 bits per heavy atom. The number of carbonyl (C=O) groups is 2. The molecule has 0 bridgehead atoms. The van der Waals surface area contributed by atoms with Crippen LogP contribution >= 0.6 is 0 Å². The van der Waals surface area contributed by atoms with Gasteiger partial charge in [-0.15, -0.1) is 0 Å². The lowest BCUT2D eigenvalue weighted by Crippen LogP contribution is -2.43. The first-order valence-corrected chi connectivity index (χ1v) is 9.23. The molecule has 0 radical (unpaired) electrons. The van der Waals surface area contributed by atoms with Crippen molar-refractivity contribution < 1.29 is 19.4 Å². The van der Waals surface area contributed by atoms with E-state index in [1.54, 1.807) is 6.92 Å². The summed E-state index contributed by atoms with van der Waals surface area (Å²) in [6.07, 6.45) is -2.10. The molecule has 0 unspecified atom stereocenters. The number of ether oxygens (including phenoxy) is 1. The van der Waals surface area contributed by atoms with Crippen molar-refractivity contribution in [2.24, 2.45) is 11.8 Å². The number of benzene rings is 2. The van der Waals surface area contributed by atoms with Crippen molar-refractivity contribution >= 4 is 12.0 Å². The van der Waals surface area contributed by atoms with Crippen LogP contribution in [0.5, 0.6) is 0 Å². The van der Waals surface area contributed by atoms with Gasteiger partial charge in [-0.25, -0.2) is 9.69 Å². The largest absolute Gasteiger partial charge is 0.438 e. The first-order chi connectivity index (χ1) is 12.9. The highest BCUT2D eigenvalue weighted by atomic mass is 16.6. The van der Waals surface area contributed by atoms with Crippen LogP contribution in [0.2, 0.25) is 0 Å². The molecule has 27 heavy (non-hydrogen) atoms. The lowest BCUT2D eigenvalue weighted by atomic mass is 9.91. The van der Waals surface area contributed by atoms with Gasteiger partial charge in [-0.2, -0.15) is 0 Å². The van der Waals surface area contributed by atoms with Crippen LogP contribution in [0.15, 0.2) is 60.7 Å². The zero-order valence-electron chi connectivity index (χ0n) is 15.8. The van der Waals surface area contributed by atoms with E-state index >= 15 is 0 Å². The molecule has 4 atom stereocenters. The minimum Gasteiger partial charge on any atom is -0.438 e. The van der Waals surface area contributed by atoms with E-state index in [-0.39, 0.29) is 5.92 Å². The number of hydrogen-bond donors (Lipinski definition) is 1. The fourth-order valence-electron chi connectivity index (χ4n) is 3.52. The van der Waals surface area contributed by atoms with Crippen molar-refractivity contribution in [2.75, 3.05) is 0 Å². The van der Waals surface area contributed by atoms with Crippen LogP contribution in [0.4, 0.5) is 4.79 Å². The van der Waals surface area contributed by atoms with E-state index in [0.717, 1.165) is 11.1 Å². The van der Waals surface area contributed by atoms with Gasteiger partial charge in [0.15, 0.2) is 6.10 Å². The molecule has 3 rings (SSSR count). The van der Waals surface area contributed by atoms with Gasteiger partial charge in [0.25, 0.3) is 0 Å². The Hall–Kier alpha value is -2.66. The topological polar surface area (TPSA) is 66.8 Å². The van der Waals surface area contributed by atoms with E-state index in [2.05, 4.69) is 0 Å². The number of hydrogen-bond acceptors (Lipinski definition) is 4. The molecule has 5 heteroatoms. The highest BCUT2D eigenvalue weighted by Crippen LogP contribution is 2.43. The van der Waals surface area contributed by atoms with Crippen LogP contribution in [-0.2, 0) is 9.53 Å². The zero-order valence-corrected chi connectivity index (χ0v) is 15.8. The molecular weight excluding hydrogens is 342 g/mol. The van der Waals surface area contributed by atoms with Gasteiger partial charge in [0.1, 0.15) is 6.04 Å². The van der Waals surface area contributed by atoms with Crippen molar-refractivity contribution in [3.63, 3.8) is 0 Å². The molecule has 1 heterocycles. The number of aliphatic hydroxyl groups is 1. The first-order valence-electron chi connectivity index (χ1n) is 9.23. The quantitative estimate of drug-likeness (QED) is 0.864. The molecule has 0 aliphatic carbocycles. The van der Waals surface area contributed by atoms with Gasteiger partial charge >= 0.3 is 6.09 Å². The number of nitrogens with zero attached hydrogens (tertiary/aromatic N) is 1. The van der Waals surface area contributed by atoms with Crippen molar-refractivity contribution in [3.8, 4) is 0 Å². The van der Waals surface area contributed by atoms with Crippen molar-refractivity contribution in [3.05, 3.63) is 71.8 Å². The molecule has 1 aliphatic heterocycles. The summed E-state index contributed by atoms with van der Waals surface area (Å²) in [7, 11) is 0. The molecule has 0 aromatic heterocycles. The summed E-state index contributed by atoms with van der Waals surface area (Å²) in [4.78, 5) is 27.0. The molecule has 2 amide bonds. The smallest absolute Gasteiger partial charge is 0.417 e. The third-order valence-corrected chi connectivity index (χ3v) is 5.08. The number of cyclic esters (lactones) is 1. The number of amides is 2. The summed E-state index contributed by atoms with van der Waals surface area (Å²) < 4.78 is 5.62. The van der Waals surface area contributed by atoms with Gasteiger partial charge in [-0.05, 0) is 17.0 Å². The molecular formula is C22H25NO4. The van der Waals surface area contributed by atoms with E-state index in [1.807, 2.05) is 74.5 Å². The van der Waals surface area contributed by atoms with Gasteiger partial charge in [0.05, 0.1) is 12.0 Å². The monoisotopic (exact) mass is 367 g/mol. The maximum absolute atomic E-state index is 13.1. The molecule has 5 nitrogen and oxygen atoms in total. The lowest BCUT2D eigenvalue weighted by Gasteiger charge is -2.28. The number of rotatable bonds is 5. The summed E-state index contributed by atoms with van der Waals surface area (Å²) in [5.74, 6) is -1.23. The maximum atomic E-state index is 13.1. The molecule has 0 spiro atoms. The van der Waals surface area contributed by atoms with Gasteiger partial charge in [-0.1, -0.05) is 81.4 Å². The molecule has 1 fully saturated rings. The number of imide groups is 1. The second kappa shape index (κ2) is 7.92. The Morgan fingerprint density at radius 3 is 2.00 bits per heavy atom. The highest BCUT2D eigenvalue weighted by molar-refractivity contribution is 5.95. The average Bonchev–Trinajstić information content (AvgIpc) is 3.04. The molecule has 142 valence electrons. The zero-order chi connectivity index (χ0) is 19.6. The average molecular weight is 367 g/mol. The second-order valence-electron chi connectivity index (χ2n) is 7.30. The number of aliphatic hydroxyl groups excluding tert-OH is 1. The minimum absolute atomic E-state index is 0.0948. The fourth-order valence-corrected chi connectivity index (χ4v) is 3.52. The van der Waals surface area contributed by atoms with Crippen LogP contribution in [0.1, 0.15) is 44.0 Å². The van der Waals surface area contributed by atoms with Crippen LogP contribution in [-0.4, -0.2) is 28.1 Å². The Morgan fingerprint density at radius 2 is 1.48 bits per heavy atom. The van der Waals surface area contributed by atoms with E-state index in [1.165, 1.54) is 4.90 Å². The Bertz CT molecular complexity index is 790. The molecule has 2 aromatic rings. The standard InChI is InChI=1S/C22H25NO4/c1-14(2)19(24)15(3)21(25)23-18(16-10-6-4-7-11-16)20(27-22(23)26)17-12-8-5-9-13-17/h4-15,18-20,24H,1-3H3/t15-,18-,19+,20+/m1/s1. The lowest BCUT2D eigenvalue weighted by molar-refractivity contribution is -0.137. The molecule has 1 N–H and O–H groups in total. The van der Waals surface area contributed by atoms with Crippen molar-refractivity contribution in [1.82, 2.24) is 4.90 Å². The second-order valence-corrected chi connectivity index (χ2v) is 7.30. The molecule has 1 saturated heterocycles. The summed E-state index contributed by atoms with van der Waals surface area (Å²) in [6.45, 7) is 5.34. The van der Waals surface area contributed by atoms with E-state index in [9.17, 15) is 14.7 Å². The Balaban J connectivity index is 2.01. The third-order valence-electron chi connectivity index (χ3n) is 5.08. The number of carbonyl (C=O) groups excluding carboxylic acids is 2. The fraction of sp³-hybridized carbons (Fsp3) is 0.364. The predicted molar refractivity (Wildman–Crippen MR) is 102 cm³/mol. The molecule has 2 aromatic carbocycles. The van der Waals surface area contributed by atoms with E-state index in [0.29, 0.717) is 0 Å². The summed E-state index contributed by atoms with van der Waals surface area (Å²) >= 11 is 0. The van der Waals surface area contributed by atoms with Crippen LogP contribution in [0.3, 0.4) is 0 Å². The Kier molecular flexibility index (Phi) is 5.61. The third kappa shape index (κ3) is 3.74. The SMILES string of the molecule is CC(C)[C@H](O)[C@@H](C)C(=O)N1C(=O)O[C@@H](c2ccccc2)[C@H]1c1ccccc1. The first kappa shape index (κ1) is 19.1. The van der Waals surface area contributed by atoms with Crippen LogP contribution in [0.25, 0.3) is 0 Å². The van der Waals surface area contributed by atoms with E-state index < -0.39 is 36.2 Å². The van der Waals surface area contributed by atoms with Gasteiger partial charge < -0.3 is 9.84 Å². The molecule has 0 saturated carbocycles. The highest BCUT2D eigenvalue weighted by Gasteiger charge is 2.48. The van der Waals surface area contributed by atoms with Crippen molar-refractivity contribution in [2.45, 2.75) is 39.0 Å². The Labute approximate surface area is 159 Å². The van der Waals surface area contributed by atoms with Crippen LogP contribution in [0, 0.1) is 11.8 Å². The van der Waals surface area contributed by atoms with Gasteiger partial charge in [-0.3, -0.25) is 4.79 Å². The van der Waals surface area contributed by atoms with Crippen molar-refractivity contribution in [1.29, 1.82) is 0 Å². The normalized spacial score (nSPS) is 21.8.